The number of fused-ring (bicyclic) bond motifs is 1. The highest BCUT2D eigenvalue weighted by atomic mass is 32.2. The lowest BCUT2D eigenvalue weighted by Gasteiger charge is -2.47. The molecule has 4 fully saturated rings. The van der Waals surface area contributed by atoms with E-state index >= 15 is 0 Å². The van der Waals surface area contributed by atoms with Crippen molar-refractivity contribution >= 4 is 45.3 Å². The van der Waals surface area contributed by atoms with E-state index in [-0.39, 0.29) is 52.4 Å². The number of β-lactam (4-membered cyclic amide) rings is 1. The highest BCUT2D eigenvalue weighted by molar-refractivity contribution is 8.03. The normalized spacial score (nSPS) is 36.8. The molecular weight excluding hydrogens is 536 g/mol. The predicted molar refractivity (Wildman–Crippen MR) is 138 cm³/mol. The van der Waals surface area contributed by atoms with Gasteiger partial charge in [0.2, 0.25) is 17.7 Å². The maximum atomic E-state index is 13.1. The molecule has 3 amide bonds. The second kappa shape index (κ2) is 10.1. The number of sulfone groups is 1. The number of carbonyl (C=O) groups is 4. The first-order valence-electron chi connectivity index (χ1n) is 12.9. The summed E-state index contributed by atoms with van der Waals surface area (Å²) in [5.41, 5.74) is 5.91. The van der Waals surface area contributed by atoms with Gasteiger partial charge in [-0.3, -0.25) is 19.7 Å². The molecule has 0 spiro atoms. The smallest absolute Gasteiger partial charge is 0.353 e. The number of nitrogens with one attached hydrogen (secondary N) is 3. The predicted octanol–water partition coefficient (Wildman–Crippen LogP) is -2.37. The summed E-state index contributed by atoms with van der Waals surface area (Å²) in [4.78, 5) is 54.6. The van der Waals surface area contributed by atoms with Crippen LogP contribution in [0.3, 0.4) is 0 Å². The molecule has 13 nitrogen and oxygen atoms in total. The van der Waals surface area contributed by atoms with Gasteiger partial charge in [-0.05, 0) is 19.8 Å². The van der Waals surface area contributed by atoms with Gasteiger partial charge in [0.25, 0.3) is 0 Å². The molecule has 6 N–H and O–H groups in total. The largest absolute Gasteiger partial charge is 0.477 e. The van der Waals surface area contributed by atoms with Crippen LogP contribution in [0, 0.1) is 11.8 Å². The van der Waals surface area contributed by atoms with E-state index in [2.05, 4.69) is 16.0 Å². The van der Waals surface area contributed by atoms with Crippen LogP contribution < -0.4 is 21.7 Å². The van der Waals surface area contributed by atoms with Crippen LogP contribution in [0.2, 0.25) is 0 Å². The summed E-state index contributed by atoms with van der Waals surface area (Å²) in [6, 6.07) is -2.26. The van der Waals surface area contributed by atoms with E-state index in [0.29, 0.717) is 31.0 Å². The molecule has 0 aromatic carbocycles. The minimum atomic E-state index is -3.33. The molecule has 38 heavy (non-hydrogen) atoms. The molecule has 5 aliphatic rings. The van der Waals surface area contributed by atoms with Crippen molar-refractivity contribution in [1.29, 1.82) is 0 Å². The first kappa shape index (κ1) is 27.4. The fourth-order valence-electron chi connectivity index (χ4n) is 6.25. The number of hydrogen-bond donors (Lipinski definition) is 5. The van der Waals surface area contributed by atoms with E-state index in [1.807, 2.05) is 6.92 Å². The van der Waals surface area contributed by atoms with Crippen LogP contribution in [0.4, 0.5) is 0 Å². The molecule has 1 unspecified atom stereocenters. The Balaban J connectivity index is 1.24. The second-order valence-electron chi connectivity index (χ2n) is 10.9. The van der Waals surface area contributed by atoms with Crippen molar-refractivity contribution in [3.8, 4) is 0 Å². The summed E-state index contributed by atoms with van der Waals surface area (Å²) in [6.07, 6.45) is 1.33. The zero-order chi connectivity index (χ0) is 27.5. The molecule has 0 aromatic heterocycles. The quantitative estimate of drug-likeness (QED) is 0.206. The number of amides is 3. The van der Waals surface area contributed by atoms with Gasteiger partial charge in [0.1, 0.15) is 11.7 Å². The summed E-state index contributed by atoms with van der Waals surface area (Å²) >= 11 is 1.40. The number of nitrogens with two attached hydrogens (primary N) is 1. The Morgan fingerprint density at radius 1 is 1.24 bits per heavy atom. The van der Waals surface area contributed by atoms with Gasteiger partial charge in [0.15, 0.2) is 9.84 Å². The molecule has 8 atom stereocenters. The van der Waals surface area contributed by atoms with Gasteiger partial charge in [-0.15, -0.1) is 11.8 Å². The standard InChI is InChI=1S/C23H34N6O7S2/c1-10-17-16(11(2)27-20(30)15-8-38(35,36)9-26-15)22(32)29(17)18(23(33)34)19(10)37-13-5-14(25-6-13)21(31)28-4-3-12(24)7-28/h10-17,25-26H,3-9,24H2,1-2H3,(H,27,30)(H,33,34)/t10-,11?,12-,13+,14+,15+,16-,17-/m1/s1. The Morgan fingerprint density at radius 3 is 2.58 bits per heavy atom. The number of hydrogen-bond acceptors (Lipinski definition) is 10. The number of carbonyl (C=O) groups excluding carboxylic acids is 3. The number of thioether (sulfide) groups is 1. The van der Waals surface area contributed by atoms with Crippen molar-refractivity contribution in [2.24, 2.45) is 17.6 Å². The van der Waals surface area contributed by atoms with Gasteiger partial charge in [-0.25, -0.2) is 13.2 Å². The van der Waals surface area contributed by atoms with Gasteiger partial charge in [-0.1, -0.05) is 6.92 Å². The molecule has 0 bridgehead atoms. The number of aliphatic carboxylic acids is 1. The van der Waals surface area contributed by atoms with Gasteiger partial charge in [0.05, 0.1) is 29.6 Å². The molecule has 0 aliphatic carbocycles. The second-order valence-corrected chi connectivity index (χ2v) is 14.4. The first-order valence-corrected chi connectivity index (χ1v) is 15.6. The van der Waals surface area contributed by atoms with Crippen molar-refractivity contribution < 1.29 is 32.7 Å². The number of rotatable bonds is 7. The highest BCUT2D eigenvalue weighted by Crippen LogP contribution is 2.51. The molecule has 0 aromatic rings. The Labute approximate surface area is 225 Å². The van der Waals surface area contributed by atoms with E-state index in [1.165, 1.54) is 16.7 Å². The first-order chi connectivity index (χ1) is 17.9. The maximum absolute atomic E-state index is 13.1. The van der Waals surface area contributed by atoms with Crippen LogP contribution in [-0.2, 0) is 29.0 Å². The number of nitrogens with zero attached hydrogens (tertiary/aromatic N) is 2. The summed E-state index contributed by atoms with van der Waals surface area (Å²) in [6.45, 7) is 5.28. The van der Waals surface area contributed by atoms with E-state index in [0.717, 1.165) is 6.42 Å². The summed E-state index contributed by atoms with van der Waals surface area (Å²) in [5.74, 6) is -3.52. The van der Waals surface area contributed by atoms with Gasteiger partial charge in [0, 0.05) is 47.8 Å². The maximum Gasteiger partial charge on any atom is 0.353 e. The van der Waals surface area contributed by atoms with E-state index in [9.17, 15) is 32.7 Å². The molecule has 5 rings (SSSR count). The number of carboxylic acids is 1. The molecule has 5 aliphatic heterocycles. The van der Waals surface area contributed by atoms with Crippen LogP contribution in [0.5, 0.6) is 0 Å². The third-order valence-electron chi connectivity index (χ3n) is 8.21. The van der Waals surface area contributed by atoms with E-state index < -0.39 is 45.8 Å². The lowest BCUT2D eigenvalue weighted by Crippen LogP contribution is -2.66. The average Bonchev–Trinajstić information content (AvgIpc) is 3.61. The zero-order valence-corrected chi connectivity index (χ0v) is 22.9. The summed E-state index contributed by atoms with van der Waals surface area (Å²) in [5, 5.41) is 18.7. The zero-order valence-electron chi connectivity index (χ0n) is 21.3. The van der Waals surface area contributed by atoms with Crippen LogP contribution in [-0.4, -0.2) is 114 Å². The minimum Gasteiger partial charge on any atom is -0.477 e. The lowest BCUT2D eigenvalue weighted by molar-refractivity contribution is -0.158. The Morgan fingerprint density at radius 2 is 1.97 bits per heavy atom. The summed E-state index contributed by atoms with van der Waals surface area (Å²) < 4.78 is 23.4. The monoisotopic (exact) mass is 570 g/mol. The minimum absolute atomic E-state index is 0.00204. The Kier molecular flexibility index (Phi) is 7.26. The van der Waals surface area contributed by atoms with Crippen LogP contribution in [0.25, 0.3) is 0 Å². The fourth-order valence-corrected chi connectivity index (χ4v) is 9.08. The molecule has 0 saturated carbocycles. The van der Waals surface area contributed by atoms with Crippen LogP contribution in [0.15, 0.2) is 10.6 Å². The van der Waals surface area contributed by atoms with Crippen LogP contribution >= 0.6 is 11.8 Å². The molecule has 210 valence electrons. The molecular formula is C23H34N6O7S2. The topological polar surface area (TPSA) is 191 Å². The van der Waals surface area contributed by atoms with Crippen LogP contribution in [0.1, 0.15) is 26.7 Å². The van der Waals surface area contributed by atoms with Crippen molar-refractivity contribution in [2.75, 3.05) is 31.3 Å². The molecule has 15 heteroatoms. The Bertz CT molecular complexity index is 1190. The molecule has 4 saturated heterocycles. The number of likely N-dealkylation sites (tertiary alicyclic amines) is 1. The van der Waals surface area contributed by atoms with Gasteiger partial charge < -0.3 is 31.3 Å². The number of carboxylic acid groups (broad SMARTS) is 1. The SMILES string of the molecule is CC(NC(=O)[C@@H]1CS(=O)(=O)CN1)[C@H]1C(=O)N2C(C(=O)O)=C(S[C@@H]3CN[C@H](C(=O)N4CC[C@@H](N)C4)C3)[C@H](C)[C@H]12. The molecule has 0 radical (unpaired) electrons. The fraction of sp³-hybridized carbons (Fsp3) is 0.739. The van der Waals surface area contributed by atoms with E-state index in [4.69, 9.17) is 5.73 Å². The van der Waals surface area contributed by atoms with Gasteiger partial charge in [-0.2, -0.15) is 0 Å². The van der Waals surface area contributed by atoms with Crippen molar-refractivity contribution in [3.05, 3.63) is 10.6 Å². The average molecular weight is 571 g/mol. The van der Waals surface area contributed by atoms with E-state index in [1.54, 1.807) is 11.8 Å². The Hall–Kier alpha value is -2.20. The highest BCUT2D eigenvalue weighted by Gasteiger charge is 2.60. The summed E-state index contributed by atoms with van der Waals surface area (Å²) in [7, 11) is -3.33. The van der Waals surface area contributed by atoms with Crippen molar-refractivity contribution in [3.63, 3.8) is 0 Å². The molecule has 5 heterocycles. The van der Waals surface area contributed by atoms with Crippen molar-refractivity contribution in [1.82, 2.24) is 25.8 Å². The third-order valence-corrected chi connectivity index (χ3v) is 11.2. The van der Waals surface area contributed by atoms with Crippen molar-refractivity contribution in [2.45, 2.75) is 62.1 Å². The third kappa shape index (κ3) is 4.83. The van der Waals surface area contributed by atoms with Gasteiger partial charge >= 0.3 is 5.97 Å². The lowest BCUT2D eigenvalue weighted by atomic mass is 9.78.